The zero-order valence-corrected chi connectivity index (χ0v) is 10.1. The Hall–Kier alpha value is -0.310. The van der Waals surface area contributed by atoms with E-state index in [0.29, 0.717) is 10.2 Å². The van der Waals surface area contributed by atoms with Gasteiger partial charge in [-0.1, -0.05) is 23.2 Å². The maximum atomic E-state index is 6.04. The average molecular weight is 233 g/mol. The Morgan fingerprint density at radius 1 is 1.43 bits per heavy atom. The van der Waals surface area contributed by atoms with Gasteiger partial charge in [-0.25, -0.2) is 4.98 Å². The van der Waals surface area contributed by atoms with Gasteiger partial charge in [-0.2, -0.15) is 0 Å². The normalized spacial score (nSPS) is 11.8. The van der Waals surface area contributed by atoms with Crippen LogP contribution >= 0.6 is 23.2 Å². The van der Waals surface area contributed by atoms with Crippen molar-refractivity contribution in [3.63, 3.8) is 0 Å². The van der Waals surface area contributed by atoms with Gasteiger partial charge in [0.1, 0.15) is 5.15 Å². The predicted molar refractivity (Wildman–Crippen MR) is 61.1 cm³/mol. The molecule has 0 saturated heterocycles. The van der Waals surface area contributed by atoms with E-state index in [0.717, 1.165) is 12.0 Å². The van der Waals surface area contributed by atoms with Crippen molar-refractivity contribution in [2.24, 2.45) is 0 Å². The fourth-order valence-electron chi connectivity index (χ4n) is 1.13. The van der Waals surface area contributed by atoms with Crippen molar-refractivity contribution >= 4 is 23.2 Å². The summed E-state index contributed by atoms with van der Waals surface area (Å²) in [4.78, 5) is 4.01. The third-order valence-electron chi connectivity index (χ3n) is 2.21. The second kappa shape index (κ2) is 4.47. The minimum absolute atomic E-state index is 0.0130. The van der Waals surface area contributed by atoms with Crippen molar-refractivity contribution in [1.82, 2.24) is 10.3 Å². The zero-order valence-electron chi connectivity index (χ0n) is 8.56. The first-order valence-electron chi connectivity index (χ1n) is 4.43. The van der Waals surface area contributed by atoms with Gasteiger partial charge in [0.15, 0.2) is 0 Å². The van der Waals surface area contributed by atoms with Crippen LogP contribution in [0.15, 0.2) is 12.3 Å². The van der Waals surface area contributed by atoms with E-state index in [2.05, 4.69) is 24.1 Å². The first kappa shape index (κ1) is 11.8. The Labute approximate surface area is 94.6 Å². The van der Waals surface area contributed by atoms with Crippen molar-refractivity contribution in [1.29, 1.82) is 0 Å². The summed E-state index contributed by atoms with van der Waals surface area (Å²) in [5.41, 5.74) is 1.02. The van der Waals surface area contributed by atoms with E-state index in [9.17, 15) is 0 Å². The van der Waals surface area contributed by atoms with Gasteiger partial charge < -0.3 is 5.32 Å². The molecule has 1 heterocycles. The van der Waals surface area contributed by atoms with E-state index in [1.807, 2.05) is 7.05 Å². The van der Waals surface area contributed by atoms with Gasteiger partial charge >= 0.3 is 0 Å². The SMILES string of the molecule is CNC(C)(C)Cc1cnc(Cl)cc1Cl. The Morgan fingerprint density at radius 3 is 2.57 bits per heavy atom. The summed E-state index contributed by atoms with van der Waals surface area (Å²) in [5, 5.41) is 4.32. The summed E-state index contributed by atoms with van der Waals surface area (Å²) in [7, 11) is 1.93. The Bertz CT molecular complexity index is 324. The van der Waals surface area contributed by atoms with Crippen LogP contribution in [0.4, 0.5) is 0 Å². The van der Waals surface area contributed by atoms with Crippen LogP contribution in [-0.2, 0) is 6.42 Å². The average Bonchev–Trinajstić information content (AvgIpc) is 2.10. The van der Waals surface area contributed by atoms with E-state index in [-0.39, 0.29) is 5.54 Å². The zero-order chi connectivity index (χ0) is 10.8. The molecule has 4 heteroatoms. The highest BCUT2D eigenvalue weighted by Crippen LogP contribution is 2.22. The molecule has 1 aromatic rings. The number of aromatic nitrogens is 1. The minimum atomic E-state index is 0.0130. The lowest BCUT2D eigenvalue weighted by Gasteiger charge is -2.24. The highest BCUT2D eigenvalue weighted by molar-refractivity contribution is 6.34. The molecule has 0 aliphatic carbocycles. The highest BCUT2D eigenvalue weighted by atomic mass is 35.5. The molecule has 0 bridgehead atoms. The smallest absolute Gasteiger partial charge is 0.130 e. The molecule has 0 unspecified atom stereocenters. The number of likely N-dealkylation sites (N-methyl/N-ethyl adjacent to an activating group) is 1. The van der Waals surface area contributed by atoms with Crippen molar-refractivity contribution < 1.29 is 0 Å². The molecule has 0 aliphatic rings. The number of hydrogen-bond donors (Lipinski definition) is 1. The Balaban J connectivity index is 2.87. The van der Waals surface area contributed by atoms with Gasteiger partial charge in [-0.05, 0) is 38.9 Å². The van der Waals surface area contributed by atoms with Gasteiger partial charge in [0.05, 0.1) is 0 Å². The molecule has 14 heavy (non-hydrogen) atoms. The van der Waals surface area contributed by atoms with Crippen LogP contribution in [-0.4, -0.2) is 17.6 Å². The van der Waals surface area contributed by atoms with Crippen LogP contribution < -0.4 is 5.32 Å². The molecular formula is C10H14Cl2N2. The van der Waals surface area contributed by atoms with E-state index in [1.165, 1.54) is 0 Å². The van der Waals surface area contributed by atoms with Crippen molar-refractivity contribution in [3.8, 4) is 0 Å². The molecule has 0 spiro atoms. The van der Waals surface area contributed by atoms with Gasteiger partial charge in [-0.15, -0.1) is 0 Å². The molecule has 1 N–H and O–H groups in total. The van der Waals surface area contributed by atoms with Crippen molar-refractivity contribution in [2.75, 3.05) is 7.05 Å². The van der Waals surface area contributed by atoms with Gasteiger partial charge in [0.2, 0.25) is 0 Å². The van der Waals surface area contributed by atoms with Gasteiger partial charge in [-0.3, -0.25) is 0 Å². The minimum Gasteiger partial charge on any atom is -0.314 e. The first-order valence-corrected chi connectivity index (χ1v) is 5.19. The largest absolute Gasteiger partial charge is 0.314 e. The molecule has 0 saturated carbocycles. The van der Waals surface area contributed by atoms with Crippen molar-refractivity contribution in [2.45, 2.75) is 25.8 Å². The highest BCUT2D eigenvalue weighted by Gasteiger charge is 2.17. The molecule has 0 aromatic carbocycles. The Morgan fingerprint density at radius 2 is 2.07 bits per heavy atom. The lowest BCUT2D eigenvalue weighted by molar-refractivity contribution is 0.421. The van der Waals surface area contributed by atoms with Crippen LogP contribution in [0.2, 0.25) is 10.2 Å². The molecule has 1 aromatic heterocycles. The predicted octanol–water partition coefficient (Wildman–Crippen LogP) is 2.93. The number of nitrogens with one attached hydrogen (secondary N) is 1. The Kier molecular flexibility index (Phi) is 3.76. The van der Waals surface area contributed by atoms with Crippen LogP contribution in [0.5, 0.6) is 0 Å². The summed E-state index contributed by atoms with van der Waals surface area (Å²) in [6.45, 7) is 4.22. The first-order chi connectivity index (χ1) is 6.44. The molecule has 0 amide bonds. The number of nitrogens with zero attached hydrogens (tertiary/aromatic N) is 1. The maximum absolute atomic E-state index is 6.04. The second-order valence-corrected chi connectivity index (χ2v) is 4.70. The summed E-state index contributed by atoms with van der Waals surface area (Å²) in [6, 6.07) is 1.67. The molecule has 0 fully saturated rings. The number of halogens is 2. The van der Waals surface area contributed by atoms with E-state index >= 15 is 0 Å². The molecule has 0 aliphatic heterocycles. The summed E-state index contributed by atoms with van der Waals surface area (Å²) in [6.07, 6.45) is 2.55. The third kappa shape index (κ3) is 3.12. The molecule has 2 nitrogen and oxygen atoms in total. The van der Waals surface area contributed by atoms with Crippen LogP contribution in [0.3, 0.4) is 0 Å². The third-order valence-corrected chi connectivity index (χ3v) is 2.76. The summed E-state index contributed by atoms with van der Waals surface area (Å²) >= 11 is 11.8. The lowest BCUT2D eigenvalue weighted by atomic mass is 9.96. The van der Waals surface area contributed by atoms with E-state index < -0.39 is 0 Å². The van der Waals surface area contributed by atoms with Gasteiger partial charge in [0.25, 0.3) is 0 Å². The monoisotopic (exact) mass is 232 g/mol. The quantitative estimate of drug-likeness (QED) is 0.812. The molecule has 0 radical (unpaired) electrons. The fourth-order valence-corrected chi connectivity index (χ4v) is 1.56. The fraction of sp³-hybridized carbons (Fsp3) is 0.500. The van der Waals surface area contributed by atoms with Crippen LogP contribution in [0, 0.1) is 0 Å². The topological polar surface area (TPSA) is 24.9 Å². The molecule has 1 rings (SSSR count). The van der Waals surface area contributed by atoms with Gasteiger partial charge in [0, 0.05) is 16.8 Å². The standard InChI is InChI=1S/C10H14Cl2N2/c1-10(2,13-3)5-7-6-14-9(12)4-8(7)11/h4,6,13H,5H2,1-3H3. The molecular weight excluding hydrogens is 219 g/mol. The van der Waals surface area contributed by atoms with Crippen LogP contribution in [0.1, 0.15) is 19.4 Å². The van der Waals surface area contributed by atoms with Crippen LogP contribution in [0.25, 0.3) is 0 Å². The second-order valence-electron chi connectivity index (χ2n) is 3.91. The maximum Gasteiger partial charge on any atom is 0.130 e. The molecule has 78 valence electrons. The van der Waals surface area contributed by atoms with E-state index in [4.69, 9.17) is 23.2 Å². The summed E-state index contributed by atoms with van der Waals surface area (Å²) < 4.78 is 0. The van der Waals surface area contributed by atoms with E-state index in [1.54, 1.807) is 12.3 Å². The number of hydrogen-bond acceptors (Lipinski definition) is 2. The summed E-state index contributed by atoms with van der Waals surface area (Å²) in [5.74, 6) is 0. The van der Waals surface area contributed by atoms with Crippen molar-refractivity contribution in [3.05, 3.63) is 28.0 Å². The number of rotatable bonds is 3. The molecule has 0 atom stereocenters. The lowest BCUT2D eigenvalue weighted by Crippen LogP contribution is -2.38. The number of pyridine rings is 1.